The van der Waals surface area contributed by atoms with Crippen molar-refractivity contribution in [2.24, 2.45) is 0 Å². The molecule has 0 spiro atoms. The summed E-state index contributed by atoms with van der Waals surface area (Å²) in [4.78, 5) is 40.6. The fraction of sp³-hybridized carbons (Fsp3) is 0.159. The van der Waals surface area contributed by atoms with Crippen molar-refractivity contribution in [3.05, 3.63) is 171 Å². The molecule has 0 radical (unpaired) electrons. The van der Waals surface area contributed by atoms with E-state index in [1.54, 1.807) is 6.08 Å². The van der Waals surface area contributed by atoms with Crippen molar-refractivity contribution in [3.63, 3.8) is 0 Å². The maximum Gasteiger partial charge on any atom is 0.335 e. The summed E-state index contributed by atoms with van der Waals surface area (Å²) < 4.78 is 0. The molecule has 0 unspecified atom stereocenters. The zero-order valence-corrected chi connectivity index (χ0v) is 27.2. The second-order valence-corrected chi connectivity index (χ2v) is 13.5. The third-order valence-electron chi connectivity index (χ3n) is 10.6. The number of Topliss-reactive ketones (excluding diaryl/α,β-unsaturated/α-hetero) is 2. The zero-order valence-electron chi connectivity index (χ0n) is 27.2. The van der Waals surface area contributed by atoms with Crippen LogP contribution in [-0.2, 0) is 5.41 Å². The minimum Gasteiger partial charge on any atom is -0.478 e. The average molecular weight is 642 g/mol. The highest BCUT2D eigenvalue weighted by atomic mass is 16.4. The smallest absolute Gasteiger partial charge is 0.335 e. The maximum absolute atomic E-state index is 13.3. The van der Waals surface area contributed by atoms with Crippen molar-refractivity contribution in [2.75, 3.05) is 4.90 Å². The van der Waals surface area contributed by atoms with Gasteiger partial charge in [0.1, 0.15) is 0 Å². The van der Waals surface area contributed by atoms with E-state index in [1.165, 1.54) is 46.9 Å². The molecule has 240 valence electrons. The van der Waals surface area contributed by atoms with Crippen molar-refractivity contribution < 1.29 is 19.5 Å². The van der Waals surface area contributed by atoms with E-state index in [9.17, 15) is 19.5 Å². The van der Waals surface area contributed by atoms with Crippen molar-refractivity contribution in [3.8, 4) is 0 Å². The van der Waals surface area contributed by atoms with Crippen LogP contribution < -0.4 is 4.90 Å². The standard InChI is InChI=1S/C44H35NO4/c1-44-23-9-8-14-40(44)45(33-19-15-28(16-20-33)24-35(30-10-4-2-5-11-30)31-12-6-3-7-13-31)39-22-17-29(26-38(39)44)25-37-41(46)34-21-18-32(43(48)49)27-36(34)42(37)47/h2-7,10-13,15-22,24-27,40H,8-9,14,23H2,1H3,(H,48,49)/b37-25+/t40-,44+/m0/s1. The molecule has 5 nitrogen and oxygen atoms in total. The minimum absolute atomic E-state index is 0.00748. The van der Waals surface area contributed by atoms with Gasteiger partial charge in [-0.3, -0.25) is 9.59 Å². The van der Waals surface area contributed by atoms with Crippen LogP contribution in [0.4, 0.5) is 11.4 Å². The van der Waals surface area contributed by atoms with Crippen LogP contribution in [0.15, 0.2) is 127 Å². The van der Waals surface area contributed by atoms with E-state index < -0.39 is 11.8 Å². The number of nitrogens with zero attached hydrogens (tertiary/aromatic N) is 1. The molecule has 1 N–H and O–H groups in total. The minimum atomic E-state index is -1.13. The van der Waals surface area contributed by atoms with E-state index in [0.29, 0.717) is 0 Å². The van der Waals surface area contributed by atoms with Crippen LogP contribution in [0.3, 0.4) is 0 Å². The van der Waals surface area contributed by atoms with Crippen molar-refractivity contribution in [2.45, 2.75) is 44.1 Å². The van der Waals surface area contributed by atoms with E-state index >= 15 is 0 Å². The molecule has 5 aromatic rings. The van der Waals surface area contributed by atoms with E-state index in [4.69, 9.17) is 0 Å². The highest BCUT2D eigenvalue weighted by Crippen LogP contribution is 2.55. The Morgan fingerprint density at radius 2 is 1.39 bits per heavy atom. The molecule has 0 saturated heterocycles. The van der Waals surface area contributed by atoms with Crippen molar-refractivity contribution in [1.82, 2.24) is 0 Å². The molecule has 49 heavy (non-hydrogen) atoms. The predicted octanol–water partition coefficient (Wildman–Crippen LogP) is 9.79. The van der Waals surface area contributed by atoms with E-state index in [1.807, 2.05) is 18.2 Å². The lowest BCUT2D eigenvalue weighted by molar-refractivity contribution is 0.0696. The fourth-order valence-electron chi connectivity index (χ4n) is 8.06. The summed E-state index contributed by atoms with van der Waals surface area (Å²) in [6, 6.07) is 40.5. The summed E-state index contributed by atoms with van der Waals surface area (Å²) in [5, 5.41) is 9.40. The Kier molecular flexibility index (Phi) is 7.48. The largest absolute Gasteiger partial charge is 0.478 e. The quantitative estimate of drug-likeness (QED) is 0.114. The zero-order chi connectivity index (χ0) is 33.7. The molecule has 0 aromatic heterocycles. The number of aromatic carboxylic acids is 1. The first-order valence-corrected chi connectivity index (χ1v) is 16.9. The molecular weight excluding hydrogens is 606 g/mol. The Hall–Kier alpha value is -5.81. The summed E-state index contributed by atoms with van der Waals surface area (Å²) in [7, 11) is 0. The number of ketones is 2. The van der Waals surface area contributed by atoms with Crippen LogP contribution >= 0.6 is 0 Å². The molecule has 5 aromatic carbocycles. The van der Waals surface area contributed by atoms with Gasteiger partial charge in [0.2, 0.25) is 0 Å². The van der Waals surface area contributed by atoms with Crippen LogP contribution in [-0.4, -0.2) is 28.7 Å². The van der Waals surface area contributed by atoms with Gasteiger partial charge in [-0.1, -0.05) is 98.6 Å². The molecule has 8 rings (SSSR count). The Labute approximate surface area is 285 Å². The van der Waals surface area contributed by atoms with Gasteiger partial charge < -0.3 is 10.0 Å². The maximum atomic E-state index is 13.3. The number of hydrogen-bond acceptors (Lipinski definition) is 4. The van der Waals surface area contributed by atoms with Gasteiger partial charge in [-0.05, 0) is 101 Å². The summed E-state index contributed by atoms with van der Waals surface area (Å²) in [5.74, 6) is -1.92. The molecule has 1 heterocycles. The molecule has 0 bridgehead atoms. The molecule has 2 aliphatic carbocycles. The lowest BCUT2D eigenvalue weighted by Crippen LogP contribution is -2.43. The van der Waals surface area contributed by atoms with Gasteiger partial charge in [0.15, 0.2) is 11.6 Å². The Bertz CT molecular complexity index is 2160. The first-order chi connectivity index (χ1) is 23.8. The van der Waals surface area contributed by atoms with Crippen molar-refractivity contribution in [1.29, 1.82) is 0 Å². The number of allylic oxidation sites excluding steroid dienone is 1. The van der Waals surface area contributed by atoms with Crippen LogP contribution in [0.1, 0.15) is 91.5 Å². The van der Waals surface area contributed by atoms with Gasteiger partial charge in [0, 0.05) is 34.0 Å². The third-order valence-corrected chi connectivity index (χ3v) is 10.6. The van der Waals surface area contributed by atoms with Gasteiger partial charge >= 0.3 is 5.97 Å². The molecule has 0 amide bonds. The second-order valence-electron chi connectivity index (χ2n) is 13.5. The number of fused-ring (bicyclic) bond motifs is 4. The molecule has 1 fully saturated rings. The average Bonchev–Trinajstić information content (AvgIpc) is 3.53. The first kappa shape index (κ1) is 30.5. The monoisotopic (exact) mass is 641 g/mol. The number of rotatable bonds is 6. The lowest BCUT2D eigenvalue weighted by Gasteiger charge is -2.40. The topological polar surface area (TPSA) is 74.7 Å². The number of carbonyl (C=O) groups is 3. The molecule has 1 aliphatic heterocycles. The van der Waals surface area contributed by atoms with Gasteiger partial charge in [-0.2, -0.15) is 0 Å². The van der Waals surface area contributed by atoms with Crippen LogP contribution in [0.25, 0.3) is 17.7 Å². The highest BCUT2D eigenvalue weighted by Gasteiger charge is 2.49. The fourth-order valence-corrected chi connectivity index (χ4v) is 8.06. The summed E-state index contributed by atoms with van der Waals surface area (Å²) in [5.41, 5.74) is 9.36. The number of carbonyl (C=O) groups excluding carboxylic acids is 2. The van der Waals surface area contributed by atoms with Gasteiger partial charge in [-0.25, -0.2) is 4.79 Å². The van der Waals surface area contributed by atoms with Crippen LogP contribution in [0.2, 0.25) is 0 Å². The SMILES string of the molecule is C[C@]12CCCC[C@@H]1N(c1ccc(C=C(c3ccccc3)c3ccccc3)cc1)c1ccc(/C=C3\C(=O)c4ccc(C(=O)O)cc4C3=O)cc12. The summed E-state index contributed by atoms with van der Waals surface area (Å²) >= 11 is 0. The van der Waals surface area contributed by atoms with E-state index in [-0.39, 0.29) is 39.5 Å². The Morgan fingerprint density at radius 1 is 0.735 bits per heavy atom. The molecule has 5 heteroatoms. The van der Waals surface area contributed by atoms with Crippen LogP contribution in [0, 0.1) is 0 Å². The summed E-state index contributed by atoms with van der Waals surface area (Å²) in [6.07, 6.45) is 8.37. The number of anilines is 2. The summed E-state index contributed by atoms with van der Waals surface area (Å²) in [6.45, 7) is 2.35. The first-order valence-electron chi connectivity index (χ1n) is 16.9. The van der Waals surface area contributed by atoms with Gasteiger partial charge in [0.25, 0.3) is 0 Å². The second kappa shape index (κ2) is 12.0. The molecular formula is C44H35NO4. The molecule has 1 saturated carbocycles. The van der Waals surface area contributed by atoms with E-state index in [2.05, 4.69) is 103 Å². The predicted molar refractivity (Wildman–Crippen MR) is 195 cm³/mol. The Balaban J connectivity index is 1.14. The van der Waals surface area contributed by atoms with Crippen LogP contribution in [0.5, 0.6) is 0 Å². The normalized spacial score (nSPS) is 20.1. The molecule has 3 aliphatic rings. The third kappa shape index (κ3) is 5.23. The molecule has 2 atom stereocenters. The lowest BCUT2D eigenvalue weighted by atomic mass is 9.69. The highest BCUT2D eigenvalue weighted by molar-refractivity contribution is 6.41. The number of carboxylic acids is 1. The Morgan fingerprint density at radius 3 is 2.06 bits per heavy atom. The van der Waals surface area contributed by atoms with Crippen molar-refractivity contribution >= 4 is 46.6 Å². The van der Waals surface area contributed by atoms with Gasteiger partial charge in [0.05, 0.1) is 11.1 Å². The van der Waals surface area contributed by atoms with E-state index in [0.717, 1.165) is 41.8 Å². The van der Waals surface area contributed by atoms with Gasteiger partial charge in [-0.15, -0.1) is 0 Å². The number of hydrogen-bond donors (Lipinski definition) is 1. The number of benzene rings is 5. The number of carboxylic acid groups (broad SMARTS) is 1.